The number of Topliss-reactive ketones (excluding diaryl/α,β-unsaturated/α-hetero) is 1. The largest absolute Gasteiger partial charge is 0.507 e. The van der Waals surface area contributed by atoms with Gasteiger partial charge in [-0.3, -0.25) is 9.59 Å². The Morgan fingerprint density at radius 2 is 1.79 bits per heavy atom. The van der Waals surface area contributed by atoms with Gasteiger partial charge < -0.3 is 24.2 Å². The maximum Gasteiger partial charge on any atom is 0.295 e. The molecule has 33 heavy (non-hydrogen) atoms. The molecular weight excluding hydrogens is 422 g/mol. The quantitative estimate of drug-likeness (QED) is 0.395. The molecule has 2 heterocycles. The molecule has 1 saturated carbocycles. The van der Waals surface area contributed by atoms with Gasteiger partial charge in [-0.1, -0.05) is 31.9 Å². The minimum atomic E-state index is -0.659. The SMILES string of the molecule is CCCOc1ccc(C2/C(=C(/O)c3ccc4c(c3)OCO4)C(=O)C(=O)N2C2CCCC2)cc1. The van der Waals surface area contributed by atoms with Crippen molar-refractivity contribution < 1.29 is 28.9 Å². The number of rotatable bonds is 6. The number of aliphatic hydroxyl groups is 1. The highest BCUT2D eigenvalue weighted by atomic mass is 16.7. The topological polar surface area (TPSA) is 85.3 Å². The van der Waals surface area contributed by atoms with Crippen LogP contribution in [0.2, 0.25) is 0 Å². The van der Waals surface area contributed by atoms with Gasteiger partial charge in [0.2, 0.25) is 6.79 Å². The number of ether oxygens (including phenoxy) is 3. The van der Waals surface area contributed by atoms with E-state index in [0.29, 0.717) is 23.7 Å². The second-order valence-electron chi connectivity index (χ2n) is 8.63. The van der Waals surface area contributed by atoms with Crippen LogP contribution in [0.5, 0.6) is 17.2 Å². The highest BCUT2D eigenvalue weighted by molar-refractivity contribution is 6.46. The molecule has 1 amide bonds. The Balaban J connectivity index is 1.59. The number of carbonyl (C=O) groups is 2. The number of hydrogen-bond acceptors (Lipinski definition) is 6. The summed E-state index contributed by atoms with van der Waals surface area (Å²) in [7, 11) is 0. The van der Waals surface area contributed by atoms with Gasteiger partial charge in [0.25, 0.3) is 11.7 Å². The van der Waals surface area contributed by atoms with E-state index in [0.717, 1.165) is 43.4 Å². The second kappa shape index (κ2) is 8.81. The Bertz CT molecular complexity index is 1100. The van der Waals surface area contributed by atoms with Crippen LogP contribution in [0.4, 0.5) is 0 Å². The molecule has 3 aliphatic rings. The third-order valence-electron chi connectivity index (χ3n) is 6.51. The maximum absolute atomic E-state index is 13.2. The van der Waals surface area contributed by atoms with Gasteiger partial charge in [0.1, 0.15) is 11.5 Å². The van der Waals surface area contributed by atoms with Gasteiger partial charge in [0, 0.05) is 11.6 Å². The number of amides is 1. The molecule has 0 radical (unpaired) electrons. The average Bonchev–Trinajstić information content (AvgIpc) is 3.58. The lowest BCUT2D eigenvalue weighted by atomic mass is 9.94. The van der Waals surface area contributed by atoms with Crippen LogP contribution in [0, 0.1) is 0 Å². The van der Waals surface area contributed by atoms with E-state index in [2.05, 4.69) is 0 Å². The third-order valence-corrected chi connectivity index (χ3v) is 6.51. The molecular formula is C26H27NO6. The summed E-state index contributed by atoms with van der Waals surface area (Å²) in [5.41, 5.74) is 1.29. The van der Waals surface area contributed by atoms with Crippen LogP contribution in [0.25, 0.3) is 5.76 Å². The predicted octanol–water partition coefficient (Wildman–Crippen LogP) is 4.57. The van der Waals surface area contributed by atoms with Crippen molar-refractivity contribution in [1.82, 2.24) is 4.90 Å². The van der Waals surface area contributed by atoms with Crippen LogP contribution in [0.1, 0.15) is 56.2 Å². The van der Waals surface area contributed by atoms with Crippen molar-refractivity contribution in [3.05, 3.63) is 59.2 Å². The van der Waals surface area contributed by atoms with E-state index in [9.17, 15) is 14.7 Å². The van der Waals surface area contributed by atoms with E-state index < -0.39 is 17.7 Å². The monoisotopic (exact) mass is 449 g/mol. The molecule has 0 aromatic heterocycles. The van der Waals surface area contributed by atoms with Crippen molar-refractivity contribution in [2.45, 2.75) is 51.1 Å². The third kappa shape index (κ3) is 3.81. The molecule has 172 valence electrons. The number of benzene rings is 2. The molecule has 5 rings (SSSR count). The maximum atomic E-state index is 13.2. The molecule has 2 aromatic carbocycles. The zero-order valence-corrected chi connectivity index (χ0v) is 18.6. The molecule has 1 aliphatic carbocycles. The van der Waals surface area contributed by atoms with Gasteiger partial charge >= 0.3 is 0 Å². The highest BCUT2D eigenvalue weighted by Crippen LogP contribution is 2.44. The first-order valence-electron chi connectivity index (χ1n) is 11.5. The summed E-state index contributed by atoms with van der Waals surface area (Å²) < 4.78 is 16.5. The van der Waals surface area contributed by atoms with Crippen molar-refractivity contribution in [1.29, 1.82) is 0 Å². The summed E-state index contributed by atoms with van der Waals surface area (Å²) >= 11 is 0. The second-order valence-corrected chi connectivity index (χ2v) is 8.63. The number of hydrogen-bond donors (Lipinski definition) is 1. The zero-order chi connectivity index (χ0) is 22.9. The standard InChI is InChI=1S/C26H27NO6/c1-2-13-31-19-10-7-16(8-11-19)23-22(25(29)26(30)27(23)18-5-3-4-6-18)24(28)17-9-12-20-21(14-17)33-15-32-20/h7-12,14,18,23,28H,2-6,13,15H2,1H3/b24-22-. The molecule has 1 saturated heterocycles. The molecule has 2 aliphatic heterocycles. The number of aliphatic hydroxyl groups excluding tert-OH is 1. The lowest BCUT2D eigenvalue weighted by Crippen LogP contribution is -2.37. The smallest absolute Gasteiger partial charge is 0.295 e. The minimum Gasteiger partial charge on any atom is -0.507 e. The minimum absolute atomic E-state index is 0.0236. The number of fused-ring (bicyclic) bond motifs is 1. The van der Waals surface area contributed by atoms with Gasteiger partial charge in [-0.05, 0) is 55.2 Å². The number of likely N-dealkylation sites (tertiary alicyclic amines) is 1. The van der Waals surface area contributed by atoms with E-state index in [1.54, 1.807) is 23.1 Å². The summed E-state index contributed by atoms with van der Waals surface area (Å²) in [5, 5.41) is 11.3. The fourth-order valence-corrected chi connectivity index (χ4v) is 4.90. The summed E-state index contributed by atoms with van der Waals surface area (Å²) in [6.07, 6.45) is 4.65. The van der Waals surface area contributed by atoms with Gasteiger partial charge in [0.15, 0.2) is 11.5 Å². The van der Waals surface area contributed by atoms with Gasteiger partial charge in [-0.2, -0.15) is 0 Å². The molecule has 7 heteroatoms. The Hall–Kier alpha value is -3.48. The number of carbonyl (C=O) groups excluding carboxylic acids is 2. The summed E-state index contributed by atoms with van der Waals surface area (Å²) in [6, 6.07) is 11.8. The molecule has 1 unspecified atom stereocenters. The van der Waals surface area contributed by atoms with E-state index in [-0.39, 0.29) is 24.2 Å². The van der Waals surface area contributed by atoms with Gasteiger partial charge in [-0.25, -0.2) is 0 Å². The Labute approximate surface area is 192 Å². The molecule has 2 aromatic rings. The lowest BCUT2D eigenvalue weighted by Gasteiger charge is -2.30. The number of ketones is 1. The normalized spacial score (nSPS) is 21.7. The Kier molecular flexibility index (Phi) is 5.70. The van der Waals surface area contributed by atoms with Crippen LogP contribution in [-0.4, -0.2) is 41.1 Å². The van der Waals surface area contributed by atoms with E-state index in [4.69, 9.17) is 14.2 Å². The number of nitrogens with zero attached hydrogens (tertiary/aromatic N) is 1. The van der Waals surface area contributed by atoms with Crippen molar-refractivity contribution in [2.75, 3.05) is 13.4 Å². The Morgan fingerprint density at radius 3 is 2.52 bits per heavy atom. The molecule has 0 bridgehead atoms. The van der Waals surface area contributed by atoms with Crippen molar-refractivity contribution in [2.24, 2.45) is 0 Å². The fourth-order valence-electron chi connectivity index (χ4n) is 4.90. The lowest BCUT2D eigenvalue weighted by molar-refractivity contribution is -0.141. The van der Waals surface area contributed by atoms with Gasteiger partial charge in [0.05, 0.1) is 18.2 Å². The predicted molar refractivity (Wildman–Crippen MR) is 121 cm³/mol. The van der Waals surface area contributed by atoms with Crippen molar-refractivity contribution in [3.8, 4) is 17.2 Å². The fraction of sp³-hybridized carbons (Fsp3) is 0.385. The summed E-state index contributed by atoms with van der Waals surface area (Å²) in [5.74, 6) is 0.391. The van der Waals surface area contributed by atoms with Crippen LogP contribution in [0.3, 0.4) is 0 Å². The van der Waals surface area contributed by atoms with Crippen LogP contribution in [-0.2, 0) is 9.59 Å². The van der Waals surface area contributed by atoms with E-state index in [1.165, 1.54) is 0 Å². The highest BCUT2D eigenvalue weighted by Gasteiger charge is 2.49. The van der Waals surface area contributed by atoms with Gasteiger partial charge in [-0.15, -0.1) is 0 Å². The van der Waals surface area contributed by atoms with Crippen LogP contribution < -0.4 is 14.2 Å². The molecule has 1 atom stereocenters. The molecule has 0 spiro atoms. The average molecular weight is 450 g/mol. The molecule has 1 N–H and O–H groups in total. The molecule has 7 nitrogen and oxygen atoms in total. The zero-order valence-electron chi connectivity index (χ0n) is 18.6. The van der Waals surface area contributed by atoms with E-state index in [1.807, 2.05) is 31.2 Å². The first-order chi connectivity index (χ1) is 16.1. The van der Waals surface area contributed by atoms with Crippen LogP contribution in [0.15, 0.2) is 48.0 Å². The Morgan fingerprint density at radius 1 is 1.06 bits per heavy atom. The van der Waals surface area contributed by atoms with Crippen LogP contribution >= 0.6 is 0 Å². The first-order valence-corrected chi connectivity index (χ1v) is 11.5. The summed E-state index contributed by atoms with van der Waals surface area (Å²) in [6.45, 7) is 2.77. The van der Waals surface area contributed by atoms with Crippen molar-refractivity contribution in [3.63, 3.8) is 0 Å². The summed E-state index contributed by atoms with van der Waals surface area (Å²) in [4.78, 5) is 28.1. The van der Waals surface area contributed by atoms with Crippen molar-refractivity contribution >= 4 is 17.4 Å². The first kappa shape index (κ1) is 21.4. The molecule has 2 fully saturated rings. The van der Waals surface area contributed by atoms with E-state index >= 15 is 0 Å².